The molecule has 0 N–H and O–H groups in total. The van der Waals surface area contributed by atoms with E-state index in [-0.39, 0.29) is 11.1 Å². The van der Waals surface area contributed by atoms with Crippen molar-refractivity contribution in [1.82, 2.24) is 23.4 Å². The average Bonchev–Trinajstić information content (AvgIpc) is 2.84. The second-order valence-corrected chi connectivity index (χ2v) is 4.11. The van der Waals surface area contributed by atoms with E-state index in [0.717, 1.165) is 11.7 Å². The first-order valence-corrected chi connectivity index (χ1v) is 5.46. The molecule has 0 aliphatic heterocycles. The first-order chi connectivity index (χ1) is 7.59. The van der Waals surface area contributed by atoms with Gasteiger partial charge < -0.3 is 4.90 Å². The Morgan fingerprint density at radius 2 is 2.25 bits per heavy atom. The molecule has 2 rings (SSSR count). The summed E-state index contributed by atoms with van der Waals surface area (Å²) in [5.74, 6) is 0.266. The molecule has 2 heterocycles. The number of amides is 1. The molecular formula is C8H8ClN5OS. The standard InChI is InChI=1S/C8H8ClN5OS/c1-13(2)8(15)5-3-4-14(10-5)7-6(9)11-16-12-7/h3-4H,1-2H3. The van der Waals surface area contributed by atoms with Gasteiger partial charge in [-0.05, 0) is 6.07 Å². The molecule has 0 aliphatic rings. The topological polar surface area (TPSA) is 63.9 Å². The quantitative estimate of drug-likeness (QED) is 0.808. The van der Waals surface area contributed by atoms with Crippen molar-refractivity contribution < 1.29 is 4.79 Å². The van der Waals surface area contributed by atoms with Gasteiger partial charge in [-0.1, -0.05) is 11.6 Å². The van der Waals surface area contributed by atoms with Gasteiger partial charge in [-0.15, -0.1) is 0 Å². The van der Waals surface area contributed by atoms with Crippen LogP contribution < -0.4 is 0 Å². The molecule has 16 heavy (non-hydrogen) atoms. The van der Waals surface area contributed by atoms with Gasteiger partial charge in [0.25, 0.3) is 5.91 Å². The summed E-state index contributed by atoms with van der Waals surface area (Å²) in [4.78, 5) is 13.0. The van der Waals surface area contributed by atoms with Gasteiger partial charge in [0.05, 0.1) is 11.7 Å². The highest BCUT2D eigenvalue weighted by Gasteiger charge is 2.14. The first kappa shape index (κ1) is 11.0. The molecule has 2 aromatic rings. The minimum Gasteiger partial charge on any atom is -0.343 e. The van der Waals surface area contributed by atoms with Crippen molar-refractivity contribution in [3.05, 3.63) is 23.1 Å². The van der Waals surface area contributed by atoms with Crippen molar-refractivity contribution in [3.8, 4) is 5.82 Å². The number of nitrogens with zero attached hydrogens (tertiary/aromatic N) is 5. The Labute approximate surface area is 101 Å². The maximum absolute atomic E-state index is 11.6. The number of halogens is 1. The molecule has 0 bridgehead atoms. The predicted octanol–water partition coefficient (Wildman–Crippen LogP) is 1.08. The van der Waals surface area contributed by atoms with Crippen LogP contribution in [0.2, 0.25) is 5.15 Å². The molecular weight excluding hydrogens is 250 g/mol. The highest BCUT2D eigenvalue weighted by molar-refractivity contribution is 6.99. The molecule has 2 aromatic heterocycles. The summed E-state index contributed by atoms with van der Waals surface area (Å²) < 4.78 is 9.23. The summed E-state index contributed by atoms with van der Waals surface area (Å²) in [5.41, 5.74) is 0.342. The predicted molar refractivity (Wildman–Crippen MR) is 60.1 cm³/mol. The minimum absolute atomic E-state index is 0.168. The lowest BCUT2D eigenvalue weighted by Gasteiger charge is -2.06. The highest BCUT2D eigenvalue weighted by Crippen LogP contribution is 2.16. The van der Waals surface area contributed by atoms with E-state index in [9.17, 15) is 4.79 Å². The highest BCUT2D eigenvalue weighted by atomic mass is 35.5. The molecule has 0 aliphatic carbocycles. The van der Waals surface area contributed by atoms with Gasteiger partial charge in [-0.2, -0.15) is 13.8 Å². The number of aromatic nitrogens is 4. The van der Waals surface area contributed by atoms with Crippen molar-refractivity contribution in [1.29, 1.82) is 0 Å². The largest absolute Gasteiger partial charge is 0.343 e. The zero-order valence-electron chi connectivity index (χ0n) is 8.59. The van der Waals surface area contributed by atoms with E-state index in [2.05, 4.69) is 13.8 Å². The molecule has 0 radical (unpaired) electrons. The number of rotatable bonds is 2. The fourth-order valence-corrected chi connectivity index (χ4v) is 1.81. The van der Waals surface area contributed by atoms with E-state index in [4.69, 9.17) is 11.6 Å². The second kappa shape index (κ2) is 4.18. The molecule has 0 aromatic carbocycles. The molecule has 0 saturated heterocycles. The fourth-order valence-electron chi connectivity index (χ4n) is 1.09. The van der Waals surface area contributed by atoms with Gasteiger partial charge in [0.1, 0.15) is 0 Å². The summed E-state index contributed by atoms with van der Waals surface area (Å²) in [7, 11) is 3.33. The van der Waals surface area contributed by atoms with E-state index in [0.29, 0.717) is 11.5 Å². The van der Waals surface area contributed by atoms with Crippen LogP contribution in [-0.4, -0.2) is 43.4 Å². The summed E-state index contributed by atoms with van der Waals surface area (Å²) in [6.07, 6.45) is 1.62. The molecule has 6 nitrogen and oxygen atoms in total. The van der Waals surface area contributed by atoms with Crippen LogP contribution in [0.25, 0.3) is 5.82 Å². The second-order valence-electron chi connectivity index (χ2n) is 3.22. The smallest absolute Gasteiger partial charge is 0.273 e. The maximum Gasteiger partial charge on any atom is 0.273 e. The Balaban J connectivity index is 2.34. The molecule has 0 unspecified atom stereocenters. The fraction of sp³-hybridized carbons (Fsp3) is 0.250. The van der Waals surface area contributed by atoms with Crippen LogP contribution in [0.15, 0.2) is 12.3 Å². The monoisotopic (exact) mass is 257 g/mol. The van der Waals surface area contributed by atoms with Crippen LogP contribution in [0.5, 0.6) is 0 Å². The molecule has 0 fully saturated rings. The van der Waals surface area contributed by atoms with Crippen molar-refractivity contribution in [2.75, 3.05) is 14.1 Å². The number of carbonyl (C=O) groups is 1. The normalized spacial score (nSPS) is 10.4. The van der Waals surface area contributed by atoms with Gasteiger partial charge in [0.2, 0.25) is 5.82 Å². The number of hydrogen-bond donors (Lipinski definition) is 0. The Hall–Kier alpha value is -1.47. The Morgan fingerprint density at radius 1 is 1.50 bits per heavy atom. The van der Waals surface area contributed by atoms with Gasteiger partial charge in [0.15, 0.2) is 10.8 Å². The zero-order valence-corrected chi connectivity index (χ0v) is 10.2. The summed E-state index contributed by atoms with van der Waals surface area (Å²) >= 11 is 6.80. The van der Waals surface area contributed by atoms with Crippen LogP contribution in [0, 0.1) is 0 Å². The van der Waals surface area contributed by atoms with E-state index < -0.39 is 0 Å². The third-order valence-corrected chi connectivity index (χ3v) is 2.74. The summed E-state index contributed by atoms with van der Waals surface area (Å²) in [5, 5.41) is 4.35. The van der Waals surface area contributed by atoms with Crippen molar-refractivity contribution in [3.63, 3.8) is 0 Å². The van der Waals surface area contributed by atoms with Crippen molar-refractivity contribution in [2.24, 2.45) is 0 Å². The summed E-state index contributed by atoms with van der Waals surface area (Å²) in [6.45, 7) is 0. The van der Waals surface area contributed by atoms with Gasteiger partial charge in [0, 0.05) is 20.3 Å². The van der Waals surface area contributed by atoms with Crippen LogP contribution in [0.1, 0.15) is 10.5 Å². The molecule has 0 saturated carbocycles. The lowest BCUT2D eigenvalue weighted by atomic mass is 10.4. The molecule has 0 spiro atoms. The van der Waals surface area contributed by atoms with Crippen LogP contribution in [0.4, 0.5) is 0 Å². The van der Waals surface area contributed by atoms with Crippen LogP contribution in [0.3, 0.4) is 0 Å². The van der Waals surface area contributed by atoms with Crippen molar-refractivity contribution in [2.45, 2.75) is 0 Å². The lowest BCUT2D eigenvalue weighted by Crippen LogP contribution is -2.22. The third-order valence-electron chi connectivity index (χ3n) is 1.86. The van der Waals surface area contributed by atoms with E-state index in [1.54, 1.807) is 26.4 Å². The van der Waals surface area contributed by atoms with Gasteiger partial charge in [-0.3, -0.25) is 4.79 Å². The number of hydrogen-bond acceptors (Lipinski definition) is 5. The Bertz CT molecular complexity index is 520. The van der Waals surface area contributed by atoms with Crippen LogP contribution >= 0.6 is 23.3 Å². The van der Waals surface area contributed by atoms with Crippen molar-refractivity contribution >= 4 is 29.2 Å². The SMILES string of the molecule is CN(C)C(=O)c1ccn(-c2nsnc2Cl)n1. The lowest BCUT2D eigenvalue weighted by molar-refractivity contribution is 0.0821. The Kier molecular flexibility index (Phi) is 2.88. The van der Waals surface area contributed by atoms with E-state index in [1.807, 2.05) is 0 Å². The first-order valence-electron chi connectivity index (χ1n) is 4.35. The maximum atomic E-state index is 11.6. The zero-order chi connectivity index (χ0) is 11.7. The van der Waals surface area contributed by atoms with Gasteiger partial charge >= 0.3 is 0 Å². The third kappa shape index (κ3) is 1.91. The number of carbonyl (C=O) groups excluding carboxylic acids is 1. The van der Waals surface area contributed by atoms with Crippen LogP contribution in [-0.2, 0) is 0 Å². The average molecular weight is 258 g/mol. The molecule has 84 valence electrons. The minimum atomic E-state index is -0.168. The molecule has 1 amide bonds. The van der Waals surface area contributed by atoms with E-state index >= 15 is 0 Å². The molecule has 8 heteroatoms. The summed E-state index contributed by atoms with van der Waals surface area (Å²) in [6, 6.07) is 1.61. The Morgan fingerprint density at radius 3 is 2.81 bits per heavy atom. The van der Waals surface area contributed by atoms with E-state index in [1.165, 1.54) is 9.58 Å². The van der Waals surface area contributed by atoms with Gasteiger partial charge in [-0.25, -0.2) is 4.68 Å². The molecule has 0 atom stereocenters.